The SMILES string of the molecule is CCC(=O)N1CCN(c2cc(NCCC(=O)O)nc(-c3ccccn3)n2)CC1. The normalized spacial score (nSPS) is 14.0. The lowest BCUT2D eigenvalue weighted by atomic mass is 10.2. The second kappa shape index (κ2) is 9.12. The summed E-state index contributed by atoms with van der Waals surface area (Å²) >= 11 is 0. The Balaban J connectivity index is 1.81. The van der Waals surface area contributed by atoms with Crippen LogP contribution in [-0.2, 0) is 9.59 Å². The minimum Gasteiger partial charge on any atom is -0.481 e. The van der Waals surface area contributed by atoms with Gasteiger partial charge in [0.2, 0.25) is 5.91 Å². The highest BCUT2D eigenvalue weighted by atomic mass is 16.4. The molecule has 1 fully saturated rings. The van der Waals surface area contributed by atoms with E-state index < -0.39 is 5.97 Å². The van der Waals surface area contributed by atoms with Crippen LogP contribution < -0.4 is 10.2 Å². The zero-order valence-corrected chi connectivity index (χ0v) is 15.8. The Morgan fingerprint density at radius 3 is 2.61 bits per heavy atom. The van der Waals surface area contributed by atoms with E-state index in [0.717, 1.165) is 5.82 Å². The molecule has 2 N–H and O–H groups in total. The van der Waals surface area contributed by atoms with Crippen LogP contribution >= 0.6 is 0 Å². The number of nitrogens with one attached hydrogen (secondary N) is 1. The van der Waals surface area contributed by atoms with Crippen LogP contribution in [0.3, 0.4) is 0 Å². The molecule has 0 aromatic carbocycles. The summed E-state index contributed by atoms with van der Waals surface area (Å²) in [6.07, 6.45) is 2.18. The summed E-state index contributed by atoms with van der Waals surface area (Å²) in [6, 6.07) is 7.33. The molecule has 0 spiro atoms. The van der Waals surface area contributed by atoms with Crippen LogP contribution in [0.15, 0.2) is 30.5 Å². The molecule has 9 nitrogen and oxygen atoms in total. The molecule has 0 atom stereocenters. The third kappa shape index (κ3) is 4.93. The first-order valence-electron chi connectivity index (χ1n) is 9.35. The first-order valence-corrected chi connectivity index (χ1v) is 9.35. The van der Waals surface area contributed by atoms with Crippen molar-refractivity contribution in [3.63, 3.8) is 0 Å². The number of nitrogens with zero attached hydrogens (tertiary/aromatic N) is 5. The summed E-state index contributed by atoms with van der Waals surface area (Å²) in [5.74, 6) is 1.05. The molecule has 148 valence electrons. The molecule has 2 aromatic heterocycles. The minimum absolute atomic E-state index is 0.00391. The van der Waals surface area contributed by atoms with Gasteiger partial charge in [0.05, 0.1) is 6.42 Å². The molecule has 0 aliphatic carbocycles. The molecule has 2 aromatic rings. The number of carbonyl (C=O) groups excluding carboxylic acids is 1. The topological polar surface area (TPSA) is 112 Å². The van der Waals surface area contributed by atoms with Gasteiger partial charge in [-0.05, 0) is 12.1 Å². The zero-order chi connectivity index (χ0) is 19.9. The van der Waals surface area contributed by atoms with Gasteiger partial charge in [-0.2, -0.15) is 0 Å². The Hall–Kier alpha value is -3.23. The van der Waals surface area contributed by atoms with Crippen LogP contribution in [-0.4, -0.2) is 69.6 Å². The van der Waals surface area contributed by atoms with Gasteiger partial charge in [0.15, 0.2) is 5.82 Å². The summed E-state index contributed by atoms with van der Waals surface area (Å²) in [7, 11) is 0. The fourth-order valence-electron chi connectivity index (χ4n) is 3.00. The second-order valence-electron chi connectivity index (χ2n) is 6.44. The van der Waals surface area contributed by atoms with E-state index in [9.17, 15) is 9.59 Å². The summed E-state index contributed by atoms with van der Waals surface area (Å²) in [6.45, 7) is 4.80. The number of carbonyl (C=O) groups is 2. The molecule has 3 heterocycles. The van der Waals surface area contributed by atoms with Gasteiger partial charge in [-0.25, -0.2) is 9.97 Å². The minimum atomic E-state index is -0.872. The number of carboxylic acid groups (broad SMARTS) is 1. The number of carboxylic acids is 1. The third-order valence-corrected chi connectivity index (χ3v) is 4.51. The largest absolute Gasteiger partial charge is 0.481 e. The van der Waals surface area contributed by atoms with Crippen molar-refractivity contribution in [2.75, 3.05) is 42.9 Å². The molecule has 3 rings (SSSR count). The Morgan fingerprint density at radius 2 is 1.96 bits per heavy atom. The van der Waals surface area contributed by atoms with E-state index in [2.05, 4.69) is 25.2 Å². The van der Waals surface area contributed by atoms with Crippen molar-refractivity contribution < 1.29 is 14.7 Å². The lowest BCUT2D eigenvalue weighted by Gasteiger charge is -2.35. The highest BCUT2D eigenvalue weighted by Crippen LogP contribution is 2.22. The third-order valence-electron chi connectivity index (χ3n) is 4.51. The van der Waals surface area contributed by atoms with Gasteiger partial charge in [0.25, 0.3) is 0 Å². The molecule has 0 bridgehead atoms. The fourth-order valence-corrected chi connectivity index (χ4v) is 3.00. The molecular formula is C19H24N6O3. The smallest absolute Gasteiger partial charge is 0.305 e. The van der Waals surface area contributed by atoms with Crippen molar-refractivity contribution in [2.24, 2.45) is 0 Å². The number of pyridine rings is 1. The molecule has 0 unspecified atom stereocenters. The van der Waals surface area contributed by atoms with Gasteiger partial charge in [-0.3, -0.25) is 14.6 Å². The average molecular weight is 384 g/mol. The highest BCUT2D eigenvalue weighted by molar-refractivity contribution is 5.76. The number of hydrogen-bond acceptors (Lipinski definition) is 7. The monoisotopic (exact) mass is 384 g/mol. The van der Waals surface area contributed by atoms with Crippen molar-refractivity contribution in [2.45, 2.75) is 19.8 Å². The maximum atomic E-state index is 11.9. The van der Waals surface area contributed by atoms with E-state index in [1.807, 2.05) is 36.1 Å². The zero-order valence-electron chi connectivity index (χ0n) is 15.8. The lowest BCUT2D eigenvalue weighted by molar-refractivity contribution is -0.136. The van der Waals surface area contributed by atoms with Gasteiger partial charge < -0.3 is 20.2 Å². The highest BCUT2D eigenvalue weighted by Gasteiger charge is 2.22. The van der Waals surface area contributed by atoms with Gasteiger partial charge in [-0.1, -0.05) is 13.0 Å². The van der Waals surface area contributed by atoms with Crippen molar-refractivity contribution in [1.29, 1.82) is 0 Å². The quantitative estimate of drug-likeness (QED) is 0.738. The Bertz CT molecular complexity index is 822. The number of anilines is 2. The van der Waals surface area contributed by atoms with Crippen LogP contribution in [0.1, 0.15) is 19.8 Å². The molecule has 1 saturated heterocycles. The predicted octanol–water partition coefficient (Wildman–Crippen LogP) is 1.48. The number of piperazine rings is 1. The van der Waals surface area contributed by atoms with E-state index in [1.54, 1.807) is 6.20 Å². The van der Waals surface area contributed by atoms with Crippen LogP contribution in [0.2, 0.25) is 0 Å². The summed E-state index contributed by atoms with van der Waals surface area (Å²) < 4.78 is 0. The fraction of sp³-hybridized carbons (Fsp3) is 0.421. The van der Waals surface area contributed by atoms with Gasteiger partial charge >= 0.3 is 5.97 Å². The number of amides is 1. The first-order chi connectivity index (χ1) is 13.6. The van der Waals surface area contributed by atoms with E-state index in [4.69, 9.17) is 5.11 Å². The summed E-state index contributed by atoms with van der Waals surface area (Å²) in [5, 5.41) is 11.9. The van der Waals surface area contributed by atoms with E-state index in [-0.39, 0.29) is 18.9 Å². The average Bonchev–Trinajstić information content (AvgIpc) is 2.73. The van der Waals surface area contributed by atoms with Crippen LogP contribution in [0.5, 0.6) is 0 Å². The van der Waals surface area contributed by atoms with E-state index in [1.165, 1.54) is 0 Å². The number of aromatic nitrogens is 3. The molecule has 0 saturated carbocycles. The standard InChI is InChI=1S/C19H24N6O3/c1-2-17(26)25-11-9-24(10-12-25)16-13-15(21-8-6-18(27)28)22-19(23-16)14-5-3-4-7-20-14/h3-5,7,13H,2,6,8-12H2,1H3,(H,27,28)(H,21,22,23). The molecule has 0 radical (unpaired) electrons. The second-order valence-corrected chi connectivity index (χ2v) is 6.44. The lowest BCUT2D eigenvalue weighted by Crippen LogP contribution is -2.48. The number of rotatable bonds is 7. The van der Waals surface area contributed by atoms with E-state index >= 15 is 0 Å². The van der Waals surface area contributed by atoms with Gasteiger partial charge in [0, 0.05) is 51.4 Å². The first kappa shape index (κ1) is 19.5. The molecule has 28 heavy (non-hydrogen) atoms. The molecular weight excluding hydrogens is 360 g/mol. The maximum Gasteiger partial charge on any atom is 0.305 e. The van der Waals surface area contributed by atoms with Crippen LogP contribution in [0.25, 0.3) is 11.5 Å². The maximum absolute atomic E-state index is 11.9. The van der Waals surface area contributed by atoms with Gasteiger partial charge in [-0.15, -0.1) is 0 Å². The Labute approximate surface area is 163 Å². The predicted molar refractivity (Wildman–Crippen MR) is 105 cm³/mol. The van der Waals surface area contributed by atoms with Crippen LogP contribution in [0.4, 0.5) is 11.6 Å². The van der Waals surface area contributed by atoms with Crippen molar-refractivity contribution in [3.8, 4) is 11.5 Å². The molecule has 9 heteroatoms. The summed E-state index contributed by atoms with van der Waals surface area (Å²) in [5.41, 5.74) is 0.644. The Morgan fingerprint density at radius 1 is 1.18 bits per heavy atom. The van der Waals surface area contributed by atoms with Crippen molar-refractivity contribution in [3.05, 3.63) is 30.5 Å². The van der Waals surface area contributed by atoms with Gasteiger partial charge in [0.1, 0.15) is 17.3 Å². The van der Waals surface area contributed by atoms with Crippen molar-refractivity contribution >= 4 is 23.5 Å². The summed E-state index contributed by atoms with van der Waals surface area (Å²) in [4.78, 5) is 40.1. The molecule has 1 aliphatic rings. The number of hydrogen-bond donors (Lipinski definition) is 2. The van der Waals surface area contributed by atoms with E-state index in [0.29, 0.717) is 49.9 Å². The molecule has 1 aliphatic heterocycles. The Kier molecular flexibility index (Phi) is 6.36. The van der Waals surface area contributed by atoms with Crippen LogP contribution in [0, 0.1) is 0 Å². The molecule has 1 amide bonds. The van der Waals surface area contributed by atoms with Crippen molar-refractivity contribution in [1.82, 2.24) is 19.9 Å². The number of aliphatic carboxylic acids is 1.